The number of rotatable bonds is 27. The molecule has 0 aromatic carbocycles. The molecule has 7 N–H and O–H groups in total. The van der Waals surface area contributed by atoms with Crippen molar-refractivity contribution < 1.29 is 0 Å². The van der Waals surface area contributed by atoms with Crippen LogP contribution >= 0.6 is 0 Å². The van der Waals surface area contributed by atoms with E-state index in [0.29, 0.717) is 29.9 Å². The number of nitrogens with one attached hydrogen (secondary N) is 7. The lowest BCUT2D eigenvalue weighted by Gasteiger charge is -2.50. The first-order valence-corrected chi connectivity index (χ1v) is 32.7. The molecule has 5 saturated heterocycles. The summed E-state index contributed by atoms with van der Waals surface area (Å²) in [5.74, 6) is 5.91. The van der Waals surface area contributed by atoms with Gasteiger partial charge in [-0.05, 0) is 200 Å². The van der Waals surface area contributed by atoms with Crippen molar-refractivity contribution in [3.63, 3.8) is 0 Å². The van der Waals surface area contributed by atoms with Crippen molar-refractivity contribution in [2.75, 3.05) is 96.1 Å². The second kappa shape index (κ2) is 26.9. The standard InChI is InChI=1S/C64H121N17/c1-19-21-32-80(49-43-61(11,12)76-62(13,14)44-49)55-71-53(72-56(73-55)81(33-22-20-2)50-45-63(15,16)77-64(17,18)46-50)67-31-34-78-35-37-79(38-36-78)54-69-51(65-29-25-23-27-47-39-57(3,4)74-58(5,6)40-47)68-52(70-54)66-30-26-24-28-48-41-59(7,8)75-60(9,10)42-48/h47-50,74-77H,19-46H2,1-18H3,(H,67,71,72,73)(H2,65,66,68,69,70). The molecule has 7 rings (SSSR count). The molecule has 0 spiro atoms. The maximum absolute atomic E-state index is 5.53. The van der Waals surface area contributed by atoms with Crippen molar-refractivity contribution in [1.82, 2.24) is 56.1 Å². The van der Waals surface area contributed by atoms with Gasteiger partial charge in [0, 0.05) is 122 Å². The Morgan fingerprint density at radius 3 is 1.12 bits per heavy atom. The fraction of sp³-hybridized carbons (Fsp3) is 0.906. The first-order chi connectivity index (χ1) is 37.8. The summed E-state index contributed by atoms with van der Waals surface area (Å²) in [5, 5.41) is 26.7. The number of hydrogen-bond donors (Lipinski definition) is 7. The Morgan fingerprint density at radius 1 is 0.407 bits per heavy atom. The summed E-state index contributed by atoms with van der Waals surface area (Å²) in [4.78, 5) is 41.4. The van der Waals surface area contributed by atoms with Crippen molar-refractivity contribution in [3.05, 3.63) is 0 Å². The van der Waals surface area contributed by atoms with Crippen molar-refractivity contribution >= 4 is 35.7 Å². The Balaban J connectivity index is 1.02. The summed E-state index contributed by atoms with van der Waals surface area (Å²) in [7, 11) is 0. The second-order valence-electron chi connectivity index (χ2n) is 31.5. The van der Waals surface area contributed by atoms with Gasteiger partial charge in [-0.2, -0.15) is 29.9 Å². The monoisotopic (exact) mass is 1130 g/mol. The van der Waals surface area contributed by atoms with E-state index in [9.17, 15) is 0 Å². The lowest BCUT2D eigenvalue weighted by molar-refractivity contribution is 0.121. The highest BCUT2D eigenvalue weighted by atomic mass is 15.4. The van der Waals surface area contributed by atoms with E-state index >= 15 is 0 Å². The van der Waals surface area contributed by atoms with Gasteiger partial charge in [0.15, 0.2) is 0 Å². The van der Waals surface area contributed by atoms with E-state index < -0.39 is 0 Å². The Bertz CT molecular complexity index is 2070. The zero-order valence-electron chi connectivity index (χ0n) is 55.1. The first-order valence-electron chi connectivity index (χ1n) is 32.7. The number of aromatic nitrogens is 6. The lowest BCUT2D eigenvalue weighted by Crippen LogP contribution is -2.63. The minimum atomic E-state index is -0.0102. The molecule has 7 heterocycles. The minimum Gasteiger partial charge on any atom is -0.354 e. The summed E-state index contributed by atoms with van der Waals surface area (Å²) < 4.78 is 0. The largest absolute Gasteiger partial charge is 0.354 e. The van der Waals surface area contributed by atoms with Gasteiger partial charge in [-0.15, -0.1) is 0 Å². The fourth-order valence-corrected chi connectivity index (χ4v) is 16.4. The highest BCUT2D eigenvalue weighted by molar-refractivity contribution is 5.48. The molecule has 0 aliphatic carbocycles. The summed E-state index contributed by atoms with van der Waals surface area (Å²) >= 11 is 0. The van der Waals surface area contributed by atoms with E-state index in [4.69, 9.17) is 29.9 Å². The fourth-order valence-electron chi connectivity index (χ4n) is 16.4. The van der Waals surface area contributed by atoms with Crippen LogP contribution in [0.3, 0.4) is 0 Å². The van der Waals surface area contributed by atoms with E-state index in [-0.39, 0.29) is 44.3 Å². The Morgan fingerprint density at radius 2 is 0.753 bits per heavy atom. The summed E-state index contributed by atoms with van der Waals surface area (Å²) in [6.07, 6.45) is 20.5. The highest BCUT2D eigenvalue weighted by Gasteiger charge is 2.44. The predicted octanol–water partition coefficient (Wildman–Crippen LogP) is 11.4. The third-order valence-corrected chi connectivity index (χ3v) is 18.0. The van der Waals surface area contributed by atoms with Crippen LogP contribution in [-0.4, -0.2) is 157 Å². The first kappa shape index (κ1) is 65.2. The SMILES string of the molecule is CCCCN(c1nc(NCCN2CCN(c3nc(NCCCCC4CC(C)(C)NC(C)(C)C4)nc(NCCCCC4CC(C)(C)NC(C)(C)C4)n3)CC2)nc(N(CCCC)C2CC(C)(C)NC(C)(C)C2)n1)C1CC(C)(C)NC(C)(C)C1. The van der Waals surface area contributed by atoms with Gasteiger partial charge in [-0.25, -0.2) is 0 Å². The van der Waals surface area contributed by atoms with Crippen LogP contribution in [0.25, 0.3) is 0 Å². The number of piperazine rings is 1. The van der Waals surface area contributed by atoms with Gasteiger partial charge in [-0.1, -0.05) is 52.4 Å². The molecule has 5 fully saturated rings. The van der Waals surface area contributed by atoms with Crippen LogP contribution in [0.1, 0.15) is 240 Å². The molecule has 0 saturated carbocycles. The zero-order chi connectivity index (χ0) is 59.1. The van der Waals surface area contributed by atoms with Crippen LogP contribution in [0, 0.1) is 11.8 Å². The summed E-state index contributed by atoms with van der Waals surface area (Å²) in [5.41, 5.74) is 0.684. The van der Waals surface area contributed by atoms with Crippen molar-refractivity contribution in [3.8, 4) is 0 Å². The highest BCUT2D eigenvalue weighted by Crippen LogP contribution is 2.39. The molecule has 0 amide bonds. The number of hydrogen-bond acceptors (Lipinski definition) is 17. The third kappa shape index (κ3) is 20.4. The maximum atomic E-state index is 5.53. The van der Waals surface area contributed by atoms with Crippen LogP contribution in [-0.2, 0) is 0 Å². The lowest BCUT2D eigenvalue weighted by atomic mass is 9.74. The van der Waals surface area contributed by atoms with E-state index in [1.165, 1.54) is 51.4 Å². The van der Waals surface area contributed by atoms with Gasteiger partial charge in [0.1, 0.15) is 0 Å². The van der Waals surface area contributed by atoms with Crippen LogP contribution in [0.5, 0.6) is 0 Å². The topological polar surface area (TPSA) is 175 Å². The van der Waals surface area contributed by atoms with Gasteiger partial charge in [0.05, 0.1) is 0 Å². The minimum absolute atomic E-state index is 0.0102. The van der Waals surface area contributed by atoms with Gasteiger partial charge in [0.25, 0.3) is 0 Å². The zero-order valence-corrected chi connectivity index (χ0v) is 55.1. The molecule has 0 atom stereocenters. The Labute approximate surface area is 494 Å². The van der Waals surface area contributed by atoms with Crippen molar-refractivity contribution in [1.29, 1.82) is 0 Å². The molecule has 2 aromatic rings. The number of nitrogens with zero attached hydrogens (tertiary/aromatic N) is 10. The molecule has 81 heavy (non-hydrogen) atoms. The molecule has 462 valence electrons. The number of anilines is 6. The molecule has 0 bridgehead atoms. The Kier molecular flexibility index (Phi) is 21.6. The molecule has 2 aromatic heterocycles. The second-order valence-corrected chi connectivity index (χ2v) is 31.5. The van der Waals surface area contributed by atoms with Gasteiger partial charge >= 0.3 is 0 Å². The molecule has 5 aliphatic heterocycles. The van der Waals surface area contributed by atoms with E-state index in [0.717, 1.165) is 159 Å². The smallest absolute Gasteiger partial charge is 0.232 e. The molecule has 0 radical (unpaired) electrons. The molecule has 17 nitrogen and oxygen atoms in total. The summed E-state index contributed by atoms with van der Waals surface area (Å²) in [6, 6.07) is 0.604. The molecule has 0 unspecified atom stereocenters. The summed E-state index contributed by atoms with van der Waals surface area (Å²) in [6.45, 7) is 51.0. The van der Waals surface area contributed by atoms with Crippen LogP contribution in [0.2, 0.25) is 0 Å². The number of unbranched alkanes of at least 4 members (excludes halogenated alkanes) is 4. The van der Waals surface area contributed by atoms with Crippen LogP contribution in [0.15, 0.2) is 0 Å². The van der Waals surface area contributed by atoms with Gasteiger partial charge in [0.2, 0.25) is 35.7 Å². The average molecular weight is 1130 g/mol. The molecular formula is C64H121N17. The van der Waals surface area contributed by atoms with Gasteiger partial charge < -0.3 is 51.9 Å². The van der Waals surface area contributed by atoms with Crippen LogP contribution in [0.4, 0.5) is 35.7 Å². The third-order valence-electron chi connectivity index (χ3n) is 18.0. The van der Waals surface area contributed by atoms with E-state index in [2.05, 4.69) is 181 Å². The van der Waals surface area contributed by atoms with Crippen molar-refractivity contribution in [2.45, 2.75) is 297 Å². The van der Waals surface area contributed by atoms with E-state index in [1.54, 1.807) is 0 Å². The number of piperidine rings is 4. The molecule has 17 heteroatoms. The van der Waals surface area contributed by atoms with Gasteiger partial charge in [-0.3, -0.25) is 4.90 Å². The molecular weight excluding hydrogens is 1010 g/mol. The Hall–Kier alpha value is -3.38. The molecule has 5 aliphatic rings. The average Bonchev–Trinajstić information content (AvgIpc) is 3.45. The van der Waals surface area contributed by atoms with E-state index in [1.807, 2.05) is 0 Å². The van der Waals surface area contributed by atoms with Crippen LogP contribution < -0.4 is 51.9 Å². The van der Waals surface area contributed by atoms with Crippen molar-refractivity contribution in [2.24, 2.45) is 11.8 Å². The normalized spacial score (nSPS) is 23.7. The quantitative estimate of drug-likeness (QED) is 0.0421. The maximum Gasteiger partial charge on any atom is 0.232 e. The predicted molar refractivity (Wildman–Crippen MR) is 343 cm³/mol.